The molecule has 3 aromatic rings. The average Bonchev–Trinajstić information content (AvgIpc) is 2.90. The number of carbonyl (C=O) groups excluding carboxylic acids is 1. The SMILES string of the molecule is COC(=O)C1C=Cc2c(c3cc4ccn(C)c4cc3ccc2=O)N1C. The fourth-order valence-electron chi connectivity index (χ4n) is 3.55. The van der Waals surface area contributed by atoms with E-state index in [1.54, 1.807) is 18.2 Å². The van der Waals surface area contributed by atoms with Crippen molar-refractivity contribution < 1.29 is 9.53 Å². The van der Waals surface area contributed by atoms with Crippen molar-refractivity contribution in [2.24, 2.45) is 7.05 Å². The third-order valence-corrected chi connectivity index (χ3v) is 4.90. The van der Waals surface area contributed by atoms with Gasteiger partial charge in [0.05, 0.1) is 12.8 Å². The summed E-state index contributed by atoms with van der Waals surface area (Å²) in [5, 5.41) is 2.99. The maximum Gasteiger partial charge on any atom is 0.332 e. The normalized spacial score (nSPS) is 16.3. The summed E-state index contributed by atoms with van der Waals surface area (Å²) in [6, 6.07) is 9.08. The van der Waals surface area contributed by atoms with Gasteiger partial charge in [-0.3, -0.25) is 4.79 Å². The Morgan fingerprint density at radius 1 is 1.12 bits per heavy atom. The Morgan fingerprint density at radius 3 is 2.68 bits per heavy atom. The lowest BCUT2D eigenvalue weighted by Gasteiger charge is -2.30. The van der Waals surface area contributed by atoms with Gasteiger partial charge >= 0.3 is 5.97 Å². The highest BCUT2D eigenvalue weighted by Gasteiger charge is 2.28. The zero-order valence-corrected chi connectivity index (χ0v) is 14.3. The molecule has 25 heavy (non-hydrogen) atoms. The number of ether oxygens (including phenoxy) is 1. The first-order valence-corrected chi connectivity index (χ1v) is 8.06. The number of carbonyl (C=O) groups is 1. The molecule has 1 aliphatic heterocycles. The van der Waals surface area contributed by atoms with Gasteiger partial charge in [0, 0.05) is 42.1 Å². The molecule has 0 fully saturated rings. The lowest BCUT2D eigenvalue weighted by Crippen LogP contribution is -2.40. The zero-order valence-electron chi connectivity index (χ0n) is 14.3. The molecule has 0 saturated carbocycles. The monoisotopic (exact) mass is 334 g/mol. The Balaban J connectivity index is 2.11. The number of fused-ring (bicyclic) bond motifs is 4. The highest BCUT2D eigenvalue weighted by Crippen LogP contribution is 2.35. The van der Waals surface area contributed by atoms with Gasteiger partial charge in [0.25, 0.3) is 0 Å². The molecule has 4 rings (SSSR count). The Labute approximate surface area is 144 Å². The number of hydrogen-bond acceptors (Lipinski definition) is 4. The van der Waals surface area contributed by atoms with Crippen LogP contribution in [0.25, 0.3) is 27.8 Å². The predicted octanol–water partition coefficient (Wildman–Crippen LogP) is 2.70. The fraction of sp³-hybridized carbons (Fsp3) is 0.200. The second-order valence-electron chi connectivity index (χ2n) is 6.32. The molecule has 5 nitrogen and oxygen atoms in total. The summed E-state index contributed by atoms with van der Waals surface area (Å²) in [6.45, 7) is 0. The Hall–Kier alpha value is -3.08. The third kappa shape index (κ3) is 2.23. The van der Waals surface area contributed by atoms with Crippen LogP contribution < -0.4 is 10.3 Å². The molecule has 0 aliphatic carbocycles. The molecular weight excluding hydrogens is 316 g/mol. The summed E-state index contributed by atoms with van der Waals surface area (Å²) < 4.78 is 6.95. The van der Waals surface area contributed by atoms with E-state index < -0.39 is 6.04 Å². The third-order valence-electron chi connectivity index (χ3n) is 4.90. The van der Waals surface area contributed by atoms with E-state index in [1.165, 1.54) is 7.11 Å². The Morgan fingerprint density at radius 2 is 1.92 bits per heavy atom. The standard InChI is InChI=1S/C20H18N2O3/c1-21-9-8-13-10-15-12(11-17(13)21)4-7-18(23)14-5-6-16(20(24)25-3)22(2)19(14)15/h4-11,16H,1-3H3. The Kier molecular flexibility index (Phi) is 3.39. The number of likely N-dealkylation sites (N-methyl/N-ethyl adjacent to an activating group) is 1. The number of methoxy groups -OCH3 is 1. The molecule has 0 radical (unpaired) electrons. The van der Waals surface area contributed by atoms with Crippen LogP contribution in [0.3, 0.4) is 0 Å². The van der Waals surface area contributed by atoms with E-state index in [0.29, 0.717) is 5.56 Å². The predicted molar refractivity (Wildman–Crippen MR) is 99.9 cm³/mol. The van der Waals surface area contributed by atoms with Gasteiger partial charge in [-0.1, -0.05) is 18.2 Å². The molecule has 0 saturated heterocycles. The van der Waals surface area contributed by atoms with Crippen molar-refractivity contribution in [2.75, 3.05) is 19.1 Å². The molecule has 126 valence electrons. The first kappa shape index (κ1) is 15.4. The van der Waals surface area contributed by atoms with Crippen LogP contribution >= 0.6 is 0 Å². The van der Waals surface area contributed by atoms with E-state index in [1.807, 2.05) is 41.9 Å². The maximum atomic E-state index is 12.6. The van der Waals surface area contributed by atoms with E-state index in [9.17, 15) is 9.59 Å². The van der Waals surface area contributed by atoms with Crippen LogP contribution in [0.15, 0.2) is 47.4 Å². The zero-order chi connectivity index (χ0) is 17.7. The summed E-state index contributed by atoms with van der Waals surface area (Å²) in [4.78, 5) is 26.5. The first-order valence-electron chi connectivity index (χ1n) is 8.06. The summed E-state index contributed by atoms with van der Waals surface area (Å²) in [5.74, 6) is -0.350. The van der Waals surface area contributed by atoms with Crippen LogP contribution in [0.5, 0.6) is 0 Å². The molecule has 1 aromatic heterocycles. The van der Waals surface area contributed by atoms with Gasteiger partial charge in [0.1, 0.15) is 6.04 Å². The molecule has 1 aliphatic rings. The maximum absolute atomic E-state index is 12.6. The van der Waals surface area contributed by atoms with Gasteiger partial charge in [-0.2, -0.15) is 0 Å². The molecular formula is C20H18N2O3. The van der Waals surface area contributed by atoms with Crippen LogP contribution in [0.1, 0.15) is 5.56 Å². The van der Waals surface area contributed by atoms with Crippen molar-refractivity contribution in [3.05, 3.63) is 58.4 Å². The summed E-state index contributed by atoms with van der Waals surface area (Å²) >= 11 is 0. The highest BCUT2D eigenvalue weighted by molar-refractivity contribution is 6.06. The van der Waals surface area contributed by atoms with Crippen LogP contribution in [-0.2, 0) is 16.6 Å². The molecule has 2 heterocycles. The van der Waals surface area contributed by atoms with Crippen molar-refractivity contribution in [1.29, 1.82) is 0 Å². The van der Waals surface area contributed by atoms with E-state index in [2.05, 4.69) is 12.1 Å². The molecule has 0 bridgehead atoms. The Bertz CT molecular complexity index is 1110. The molecule has 5 heteroatoms. The minimum absolute atomic E-state index is 0.0679. The minimum atomic E-state index is -0.547. The lowest BCUT2D eigenvalue weighted by molar-refractivity contribution is -0.140. The van der Waals surface area contributed by atoms with E-state index in [0.717, 1.165) is 27.4 Å². The van der Waals surface area contributed by atoms with Crippen LogP contribution in [-0.4, -0.2) is 30.7 Å². The smallest absolute Gasteiger partial charge is 0.332 e. The highest BCUT2D eigenvalue weighted by atomic mass is 16.5. The number of rotatable bonds is 1. The average molecular weight is 334 g/mol. The molecule has 1 unspecified atom stereocenters. The van der Waals surface area contributed by atoms with Gasteiger partial charge in [-0.25, -0.2) is 4.79 Å². The van der Waals surface area contributed by atoms with Crippen molar-refractivity contribution >= 4 is 39.4 Å². The van der Waals surface area contributed by atoms with Crippen LogP contribution in [0, 0.1) is 0 Å². The summed E-state index contributed by atoms with van der Waals surface area (Å²) in [5.41, 5.74) is 2.38. The number of esters is 1. The summed E-state index contributed by atoms with van der Waals surface area (Å²) in [7, 11) is 5.18. The van der Waals surface area contributed by atoms with Gasteiger partial charge in [0.2, 0.25) is 0 Å². The van der Waals surface area contributed by atoms with E-state index in [-0.39, 0.29) is 11.4 Å². The largest absolute Gasteiger partial charge is 0.467 e. The van der Waals surface area contributed by atoms with Gasteiger partial charge in [-0.15, -0.1) is 0 Å². The van der Waals surface area contributed by atoms with Gasteiger partial charge < -0.3 is 14.2 Å². The van der Waals surface area contributed by atoms with Gasteiger partial charge in [0.15, 0.2) is 5.43 Å². The molecule has 0 N–H and O–H groups in total. The van der Waals surface area contributed by atoms with Crippen molar-refractivity contribution in [1.82, 2.24) is 4.57 Å². The minimum Gasteiger partial charge on any atom is -0.467 e. The molecule has 0 amide bonds. The molecule has 2 aromatic carbocycles. The fourth-order valence-corrected chi connectivity index (χ4v) is 3.55. The number of anilines is 1. The number of benzene rings is 1. The summed E-state index contributed by atoms with van der Waals surface area (Å²) in [6.07, 6.45) is 5.45. The number of hydrogen-bond donors (Lipinski definition) is 0. The number of aromatic nitrogens is 1. The molecule has 1 atom stereocenters. The number of aryl methyl sites for hydroxylation is 1. The van der Waals surface area contributed by atoms with Crippen molar-refractivity contribution in [3.8, 4) is 0 Å². The second-order valence-corrected chi connectivity index (χ2v) is 6.32. The molecule has 0 spiro atoms. The number of nitrogens with zero attached hydrogens (tertiary/aromatic N) is 2. The van der Waals surface area contributed by atoms with Crippen LogP contribution in [0.4, 0.5) is 5.69 Å². The second kappa shape index (κ2) is 5.48. The van der Waals surface area contributed by atoms with Crippen LogP contribution in [0.2, 0.25) is 0 Å². The first-order chi connectivity index (χ1) is 12.0. The van der Waals surface area contributed by atoms with Crippen molar-refractivity contribution in [2.45, 2.75) is 6.04 Å². The quantitative estimate of drug-likeness (QED) is 0.642. The van der Waals surface area contributed by atoms with Crippen molar-refractivity contribution in [3.63, 3.8) is 0 Å². The van der Waals surface area contributed by atoms with E-state index in [4.69, 9.17) is 4.74 Å². The lowest BCUT2D eigenvalue weighted by atomic mass is 10.0. The van der Waals surface area contributed by atoms with Gasteiger partial charge in [-0.05, 0) is 29.7 Å². The van der Waals surface area contributed by atoms with E-state index >= 15 is 0 Å². The topological polar surface area (TPSA) is 51.5 Å².